The number of nitrogens with one attached hydrogen (secondary N) is 2. The van der Waals surface area contributed by atoms with E-state index < -0.39 is 17.5 Å². The number of benzene rings is 2. The van der Waals surface area contributed by atoms with Crippen molar-refractivity contribution in [2.45, 2.75) is 6.54 Å². The van der Waals surface area contributed by atoms with Crippen molar-refractivity contribution in [3.63, 3.8) is 0 Å². The molecule has 2 aromatic heterocycles. The highest BCUT2D eigenvalue weighted by Crippen LogP contribution is 2.26. The fraction of sp³-hybridized carbons (Fsp3) is 0.208. The van der Waals surface area contributed by atoms with Gasteiger partial charge in [0.2, 0.25) is 0 Å². The lowest BCUT2D eigenvalue weighted by Gasteiger charge is -2.26. The first-order chi connectivity index (χ1) is 16.1. The summed E-state index contributed by atoms with van der Waals surface area (Å²) >= 11 is 0. The number of amides is 1. The summed E-state index contributed by atoms with van der Waals surface area (Å²) in [7, 11) is 0. The summed E-state index contributed by atoms with van der Waals surface area (Å²) < 4.78 is 33.2. The lowest BCUT2D eigenvalue weighted by molar-refractivity contribution is 0.0337. The fourth-order valence-electron chi connectivity index (χ4n) is 3.83. The Kier molecular flexibility index (Phi) is 5.80. The molecule has 33 heavy (non-hydrogen) atoms. The molecule has 1 fully saturated rings. The number of pyridine rings is 1. The van der Waals surface area contributed by atoms with Crippen molar-refractivity contribution in [3.8, 4) is 11.4 Å². The van der Waals surface area contributed by atoms with Crippen LogP contribution in [0.3, 0.4) is 0 Å². The van der Waals surface area contributed by atoms with Gasteiger partial charge in [-0.1, -0.05) is 12.1 Å². The number of H-pyrrole nitrogens is 1. The van der Waals surface area contributed by atoms with E-state index in [1.54, 1.807) is 24.3 Å². The lowest BCUT2D eigenvalue weighted by Crippen LogP contribution is -2.35. The number of rotatable bonds is 5. The van der Waals surface area contributed by atoms with Gasteiger partial charge in [0, 0.05) is 19.6 Å². The van der Waals surface area contributed by atoms with Crippen molar-refractivity contribution in [2.75, 3.05) is 31.6 Å². The van der Waals surface area contributed by atoms with Crippen LogP contribution < -0.4 is 5.32 Å². The Labute approximate surface area is 188 Å². The molecule has 0 unspecified atom stereocenters. The van der Waals surface area contributed by atoms with Crippen LogP contribution in [0.5, 0.6) is 0 Å². The molecule has 4 aromatic rings. The average molecular weight is 449 g/mol. The van der Waals surface area contributed by atoms with Crippen LogP contribution in [0.4, 0.5) is 14.6 Å². The van der Waals surface area contributed by atoms with Crippen LogP contribution in [0.25, 0.3) is 22.4 Å². The molecule has 0 radical (unpaired) electrons. The molecule has 0 bridgehead atoms. The fourth-order valence-corrected chi connectivity index (χ4v) is 3.83. The SMILES string of the molecule is O=C(Nc1cccc(CN2CCOCC2)n1)c1cccc2[nH]c(-c3cc(F)ccc3F)nc12. The number of anilines is 1. The Morgan fingerprint density at radius 2 is 1.88 bits per heavy atom. The van der Waals surface area contributed by atoms with Gasteiger partial charge in [-0.3, -0.25) is 9.69 Å². The summed E-state index contributed by atoms with van der Waals surface area (Å²) in [6, 6.07) is 13.7. The Balaban J connectivity index is 1.39. The molecule has 1 aliphatic rings. The van der Waals surface area contributed by atoms with Gasteiger partial charge in [0.15, 0.2) is 0 Å². The third-order valence-corrected chi connectivity index (χ3v) is 5.48. The number of carbonyl (C=O) groups excluding carboxylic acids is 1. The standard InChI is InChI=1S/C24H21F2N5O2/c25-15-7-8-19(26)18(13-15)23-28-20-5-2-4-17(22(20)30-23)24(32)29-21-6-1-3-16(27-21)14-31-9-11-33-12-10-31/h1-8,13H,9-12,14H2,(H,28,30)(H,27,29,32). The molecule has 168 valence electrons. The molecule has 5 rings (SSSR count). The molecule has 3 heterocycles. The number of imidazole rings is 1. The van der Waals surface area contributed by atoms with Gasteiger partial charge in [0.25, 0.3) is 5.91 Å². The van der Waals surface area contributed by atoms with Crippen molar-refractivity contribution >= 4 is 22.8 Å². The number of para-hydroxylation sites is 1. The van der Waals surface area contributed by atoms with Crippen LogP contribution in [-0.4, -0.2) is 52.1 Å². The summed E-state index contributed by atoms with van der Waals surface area (Å²) in [6.07, 6.45) is 0. The number of carbonyl (C=O) groups is 1. The highest BCUT2D eigenvalue weighted by Gasteiger charge is 2.18. The molecule has 0 saturated carbocycles. The minimum Gasteiger partial charge on any atom is -0.379 e. The zero-order valence-electron chi connectivity index (χ0n) is 17.6. The van der Waals surface area contributed by atoms with Gasteiger partial charge in [-0.2, -0.15) is 0 Å². The van der Waals surface area contributed by atoms with Gasteiger partial charge in [0.1, 0.15) is 28.8 Å². The molecule has 0 spiro atoms. The molecule has 1 aliphatic heterocycles. The van der Waals surface area contributed by atoms with Crippen molar-refractivity contribution < 1.29 is 18.3 Å². The summed E-state index contributed by atoms with van der Waals surface area (Å²) in [5.41, 5.74) is 2.03. The topological polar surface area (TPSA) is 83.1 Å². The molecule has 7 nitrogen and oxygen atoms in total. The van der Waals surface area contributed by atoms with Crippen molar-refractivity contribution in [3.05, 3.63) is 77.5 Å². The van der Waals surface area contributed by atoms with E-state index in [4.69, 9.17) is 4.74 Å². The number of fused-ring (bicyclic) bond motifs is 1. The Bertz CT molecular complexity index is 1320. The molecule has 2 aromatic carbocycles. The van der Waals surface area contributed by atoms with Crippen molar-refractivity contribution in [1.82, 2.24) is 19.9 Å². The number of aromatic nitrogens is 3. The predicted octanol–water partition coefficient (Wildman–Crippen LogP) is 3.99. The largest absolute Gasteiger partial charge is 0.379 e. The van der Waals surface area contributed by atoms with Crippen molar-refractivity contribution in [1.29, 1.82) is 0 Å². The van der Waals surface area contributed by atoms with Gasteiger partial charge >= 0.3 is 0 Å². The minimum atomic E-state index is -0.609. The normalized spacial score (nSPS) is 14.5. The maximum absolute atomic E-state index is 14.2. The van der Waals surface area contributed by atoms with Crippen LogP contribution >= 0.6 is 0 Å². The Morgan fingerprint density at radius 3 is 2.73 bits per heavy atom. The highest BCUT2D eigenvalue weighted by atomic mass is 19.1. The van der Waals surface area contributed by atoms with E-state index in [-0.39, 0.29) is 11.4 Å². The monoisotopic (exact) mass is 449 g/mol. The molecule has 9 heteroatoms. The Hall–Kier alpha value is -3.69. The zero-order chi connectivity index (χ0) is 22.8. The first-order valence-electron chi connectivity index (χ1n) is 10.6. The lowest BCUT2D eigenvalue weighted by atomic mass is 10.1. The maximum atomic E-state index is 14.2. The van der Waals surface area contributed by atoms with Crippen LogP contribution in [0.15, 0.2) is 54.6 Å². The minimum absolute atomic E-state index is 0.00459. The average Bonchev–Trinajstić information content (AvgIpc) is 3.26. The second-order valence-corrected chi connectivity index (χ2v) is 7.77. The molecule has 0 atom stereocenters. The first kappa shape index (κ1) is 21.2. The second kappa shape index (κ2) is 9.05. The van der Waals surface area contributed by atoms with Crippen LogP contribution in [0, 0.1) is 11.6 Å². The molecular formula is C24H21F2N5O2. The Morgan fingerprint density at radius 1 is 1.06 bits per heavy atom. The molecule has 2 N–H and O–H groups in total. The maximum Gasteiger partial charge on any atom is 0.259 e. The van der Waals surface area contributed by atoms with E-state index in [2.05, 4.69) is 25.2 Å². The molecule has 1 amide bonds. The number of halogens is 2. The molecule has 1 saturated heterocycles. The molecule has 0 aliphatic carbocycles. The summed E-state index contributed by atoms with van der Waals surface area (Å²) in [4.78, 5) is 27.2. The summed E-state index contributed by atoms with van der Waals surface area (Å²) in [5.74, 6) is -1.01. The molecular weight excluding hydrogens is 428 g/mol. The number of hydrogen-bond acceptors (Lipinski definition) is 5. The van der Waals surface area contributed by atoms with Gasteiger partial charge in [0.05, 0.1) is 35.6 Å². The van der Waals surface area contributed by atoms with E-state index in [9.17, 15) is 13.6 Å². The summed E-state index contributed by atoms with van der Waals surface area (Å²) in [6.45, 7) is 3.75. The van der Waals surface area contributed by atoms with Crippen LogP contribution in [0.2, 0.25) is 0 Å². The highest BCUT2D eigenvalue weighted by molar-refractivity contribution is 6.11. The van der Waals surface area contributed by atoms with Crippen LogP contribution in [-0.2, 0) is 11.3 Å². The number of ether oxygens (including phenoxy) is 1. The van der Waals surface area contributed by atoms with E-state index in [1.165, 1.54) is 0 Å². The van der Waals surface area contributed by atoms with Gasteiger partial charge < -0.3 is 15.0 Å². The van der Waals surface area contributed by atoms with E-state index in [0.717, 1.165) is 37.0 Å². The number of hydrogen-bond donors (Lipinski definition) is 2. The number of aromatic amines is 1. The third kappa shape index (κ3) is 4.59. The zero-order valence-corrected chi connectivity index (χ0v) is 17.6. The third-order valence-electron chi connectivity index (χ3n) is 5.48. The van der Waals surface area contributed by atoms with E-state index in [1.807, 2.05) is 12.1 Å². The first-order valence-corrected chi connectivity index (χ1v) is 10.6. The van der Waals surface area contributed by atoms with Gasteiger partial charge in [-0.25, -0.2) is 18.7 Å². The predicted molar refractivity (Wildman–Crippen MR) is 120 cm³/mol. The quantitative estimate of drug-likeness (QED) is 0.482. The van der Waals surface area contributed by atoms with Gasteiger partial charge in [-0.05, 0) is 42.5 Å². The van der Waals surface area contributed by atoms with Crippen molar-refractivity contribution in [2.24, 2.45) is 0 Å². The second-order valence-electron chi connectivity index (χ2n) is 7.77. The van der Waals surface area contributed by atoms with E-state index in [0.29, 0.717) is 42.2 Å². The van der Waals surface area contributed by atoms with E-state index >= 15 is 0 Å². The number of morpholine rings is 1. The van der Waals surface area contributed by atoms with Gasteiger partial charge in [-0.15, -0.1) is 0 Å². The smallest absolute Gasteiger partial charge is 0.259 e. The van der Waals surface area contributed by atoms with Crippen LogP contribution in [0.1, 0.15) is 16.1 Å². The summed E-state index contributed by atoms with van der Waals surface area (Å²) in [5, 5.41) is 2.82. The number of nitrogens with zero attached hydrogens (tertiary/aromatic N) is 3.